The number of morpholine rings is 1. The van der Waals surface area contributed by atoms with Gasteiger partial charge in [0.1, 0.15) is 17.9 Å². The molecule has 1 aliphatic heterocycles. The van der Waals surface area contributed by atoms with Gasteiger partial charge in [0, 0.05) is 49.3 Å². The second-order valence-electron chi connectivity index (χ2n) is 9.02. The summed E-state index contributed by atoms with van der Waals surface area (Å²) in [5, 5.41) is 3.89. The smallest absolute Gasteiger partial charge is 0.336 e. The minimum Gasteiger partial charge on any atom is -0.489 e. The molecule has 0 unspecified atom stereocenters. The van der Waals surface area contributed by atoms with Gasteiger partial charge in [0.15, 0.2) is 0 Å². The Balaban J connectivity index is 1.24. The van der Waals surface area contributed by atoms with Crippen LogP contribution in [0.4, 0.5) is 0 Å². The number of nitrogens with zero attached hydrogens (tertiary/aromatic N) is 1. The maximum absolute atomic E-state index is 12.5. The van der Waals surface area contributed by atoms with Crippen LogP contribution in [-0.2, 0) is 11.3 Å². The summed E-state index contributed by atoms with van der Waals surface area (Å²) in [6.45, 7) is 9.89. The summed E-state index contributed by atoms with van der Waals surface area (Å²) in [6, 6.07) is 14.3. The lowest BCUT2D eigenvalue weighted by atomic mass is 10.1. The largest absolute Gasteiger partial charge is 0.489 e. The number of benzene rings is 2. The standard InChI is InChI=1S/C27H32N2O5/c1-18-13-26(30)34-25-14-23(9-10-24(18)25)32-17-21-5-7-22(8-6-21)27(31)28-11-4-12-29-15-19(2)33-20(3)16-29/h5-10,13-14,19-20H,4,11-12,15-17H2,1-3H3,(H,28,31)/t19-,20+. The van der Waals surface area contributed by atoms with E-state index < -0.39 is 0 Å². The number of rotatable bonds is 8. The molecule has 0 radical (unpaired) electrons. The first-order valence-electron chi connectivity index (χ1n) is 11.8. The minimum atomic E-state index is -0.374. The number of nitrogens with one attached hydrogen (secondary N) is 1. The summed E-state index contributed by atoms with van der Waals surface area (Å²) in [4.78, 5) is 26.5. The Morgan fingerprint density at radius 2 is 1.82 bits per heavy atom. The molecule has 2 aromatic carbocycles. The van der Waals surface area contributed by atoms with E-state index in [0.29, 0.717) is 30.0 Å². The molecule has 34 heavy (non-hydrogen) atoms. The molecule has 1 saturated heterocycles. The number of amides is 1. The number of hydrogen-bond acceptors (Lipinski definition) is 6. The topological polar surface area (TPSA) is 81.0 Å². The molecule has 7 nitrogen and oxygen atoms in total. The molecular formula is C27H32N2O5. The molecular weight excluding hydrogens is 432 g/mol. The zero-order valence-corrected chi connectivity index (χ0v) is 20.0. The minimum absolute atomic E-state index is 0.0730. The fourth-order valence-corrected chi connectivity index (χ4v) is 4.39. The maximum Gasteiger partial charge on any atom is 0.336 e. The highest BCUT2D eigenvalue weighted by Crippen LogP contribution is 2.23. The third-order valence-electron chi connectivity index (χ3n) is 5.98. The van der Waals surface area contributed by atoms with Crippen molar-refractivity contribution in [2.45, 2.75) is 46.0 Å². The lowest BCUT2D eigenvalue weighted by molar-refractivity contribution is -0.0679. The van der Waals surface area contributed by atoms with E-state index in [2.05, 4.69) is 24.1 Å². The number of carbonyl (C=O) groups excluding carboxylic acids is 1. The van der Waals surface area contributed by atoms with Crippen LogP contribution in [0.3, 0.4) is 0 Å². The molecule has 2 atom stereocenters. The molecule has 1 amide bonds. The maximum atomic E-state index is 12.5. The zero-order valence-electron chi connectivity index (χ0n) is 20.0. The van der Waals surface area contributed by atoms with Crippen LogP contribution in [-0.4, -0.2) is 49.2 Å². The van der Waals surface area contributed by atoms with E-state index in [4.69, 9.17) is 13.9 Å². The van der Waals surface area contributed by atoms with Gasteiger partial charge in [0.25, 0.3) is 5.91 Å². The molecule has 3 aromatic rings. The first-order chi connectivity index (χ1) is 16.4. The van der Waals surface area contributed by atoms with Crippen LogP contribution < -0.4 is 15.7 Å². The van der Waals surface area contributed by atoms with Crippen molar-refractivity contribution in [1.82, 2.24) is 10.2 Å². The first kappa shape index (κ1) is 24.0. The van der Waals surface area contributed by atoms with Crippen LogP contribution in [0.2, 0.25) is 0 Å². The Morgan fingerprint density at radius 1 is 1.09 bits per heavy atom. The molecule has 0 aliphatic carbocycles. The van der Waals surface area contributed by atoms with Gasteiger partial charge in [-0.3, -0.25) is 9.69 Å². The van der Waals surface area contributed by atoms with Gasteiger partial charge in [-0.25, -0.2) is 4.79 Å². The second-order valence-corrected chi connectivity index (χ2v) is 9.02. The van der Waals surface area contributed by atoms with Gasteiger partial charge >= 0.3 is 5.63 Å². The average Bonchev–Trinajstić information content (AvgIpc) is 2.80. The third kappa shape index (κ3) is 6.24. The molecule has 180 valence electrons. The third-order valence-corrected chi connectivity index (χ3v) is 5.98. The Labute approximate surface area is 199 Å². The summed E-state index contributed by atoms with van der Waals surface area (Å²) in [5.41, 5.74) is 2.57. The van der Waals surface area contributed by atoms with Gasteiger partial charge in [-0.2, -0.15) is 0 Å². The molecule has 0 spiro atoms. The van der Waals surface area contributed by atoms with Gasteiger partial charge in [0.2, 0.25) is 0 Å². The Morgan fingerprint density at radius 3 is 2.56 bits per heavy atom. The van der Waals surface area contributed by atoms with Crippen molar-refractivity contribution in [3.05, 3.63) is 75.6 Å². The summed E-state index contributed by atoms with van der Waals surface area (Å²) in [6.07, 6.45) is 1.42. The quantitative estimate of drug-likeness (QED) is 0.402. The molecule has 4 rings (SSSR count). The van der Waals surface area contributed by atoms with E-state index in [1.807, 2.05) is 43.3 Å². The molecule has 0 saturated carbocycles. The van der Waals surface area contributed by atoms with E-state index in [-0.39, 0.29) is 23.7 Å². The number of ether oxygens (including phenoxy) is 2. The van der Waals surface area contributed by atoms with Crippen molar-refractivity contribution in [2.24, 2.45) is 0 Å². The summed E-state index contributed by atoms with van der Waals surface area (Å²) >= 11 is 0. The van der Waals surface area contributed by atoms with Gasteiger partial charge in [-0.15, -0.1) is 0 Å². The molecule has 1 aliphatic rings. The number of fused-ring (bicyclic) bond motifs is 1. The normalized spacial score (nSPS) is 18.7. The predicted octanol–water partition coefficient (Wildman–Crippen LogP) is 3.91. The van der Waals surface area contributed by atoms with E-state index in [1.165, 1.54) is 6.07 Å². The lowest BCUT2D eigenvalue weighted by Crippen LogP contribution is -2.46. The van der Waals surface area contributed by atoms with Crippen LogP contribution in [0.15, 0.2) is 57.7 Å². The highest BCUT2D eigenvalue weighted by molar-refractivity contribution is 5.94. The van der Waals surface area contributed by atoms with Crippen LogP contribution in [0.25, 0.3) is 11.0 Å². The van der Waals surface area contributed by atoms with Crippen molar-refractivity contribution in [3.63, 3.8) is 0 Å². The van der Waals surface area contributed by atoms with Crippen LogP contribution in [0, 0.1) is 6.92 Å². The molecule has 1 aromatic heterocycles. The molecule has 1 fully saturated rings. The predicted molar refractivity (Wildman–Crippen MR) is 131 cm³/mol. The number of carbonyl (C=O) groups is 1. The summed E-state index contributed by atoms with van der Waals surface area (Å²) < 4.78 is 16.9. The number of aryl methyl sites for hydroxylation is 1. The Bertz CT molecular complexity index is 1180. The molecule has 2 heterocycles. The highest BCUT2D eigenvalue weighted by atomic mass is 16.5. The van der Waals surface area contributed by atoms with Gasteiger partial charge in [-0.05, 0) is 62.6 Å². The average molecular weight is 465 g/mol. The zero-order chi connectivity index (χ0) is 24.1. The Kier molecular flexibility index (Phi) is 7.65. The summed E-state index contributed by atoms with van der Waals surface area (Å²) in [7, 11) is 0. The highest BCUT2D eigenvalue weighted by Gasteiger charge is 2.21. The fourth-order valence-electron chi connectivity index (χ4n) is 4.39. The van der Waals surface area contributed by atoms with Crippen LogP contribution in [0.5, 0.6) is 5.75 Å². The van der Waals surface area contributed by atoms with Crippen molar-refractivity contribution in [3.8, 4) is 5.75 Å². The summed E-state index contributed by atoms with van der Waals surface area (Å²) in [5.74, 6) is 0.545. The van der Waals surface area contributed by atoms with E-state index in [1.54, 1.807) is 6.07 Å². The SMILES string of the molecule is Cc1cc(=O)oc2cc(OCc3ccc(C(=O)NCCCN4C[C@@H](C)O[C@@H](C)C4)cc3)ccc12. The van der Waals surface area contributed by atoms with Gasteiger partial charge in [-0.1, -0.05) is 12.1 Å². The van der Waals surface area contributed by atoms with Crippen molar-refractivity contribution < 1.29 is 18.7 Å². The monoisotopic (exact) mass is 464 g/mol. The van der Waals surface area contributed by atoms with E-state index in [0.717, 1.165) is 42.6 Å². The van der Waals surface area contributed by atoms with Crippen LogP contribution in [0.1, 0.15) is 41.8 Å². The number of hydrogen-bond donors (Lipinski definition) is 1. The van der Waals surface area contributed by atoms with Crippen LogP contribution >= 0.6 is 0 Å². The molecule has 7 heteroatoms. The van der Waals surface area contributed by atoms with Gasteiger partial charge < -0.3 is 19.2 Å². The van der Waals surface area contributed by atoms with Crippen molar-refractivity contribution in [1.29, 1.82) is 0 Å². The van der Waals surface area contributed by atoms with E-state index in [9.17, 15) is 9.59 Å². The van der Waals surface area contributed by atoms with Gasteiger partial charge in [0.05, 0.1) is 12.2 Å². The van der Waals surface area contributed by atoms with Crippen molar-refractivity contribution >= 4 is 16.9 Å². The molecule has 1 N–H and O–H groups in total. The Hall–Kier alpha value is -3.16. The molecule has 0 bridgehead atoms. The second kappa shape index (κ2) is 10.8. The first-order valence-corrected chi connectivity index (χ1v) is 11.8. The lowest BCUT2D eigenvalue weighted by Gasteiger charge is -2.35. The van der Waals surface area contributed by atoms with E-state index >= 15 is 0 Å². The van der Waals surface area contributed by atoms with Crippen molar-refractivity contribution in [2.75, 3.05) is 26.2 Å². The fraction of sp³-hybridized carbons (Fsp3) is 0.407.